The van der Waals surface area contributed by atoms with E-state index in [-0.39, 0.29) is 12.2 Å². The normalized spacial score (nSPS) is 24.0. The van der Waals surface area contributed by atoms with E-state index in [9.17, 15) is 5.11 Å². The topological polar surface area (TPSA) is 41.5 Å². The lowest BCUT2D eigenvalue weighted by Crippen LogP contribution is -2.34. The second-order valence-electron chi connectivity index (χ2n) is 5.33. The van der Waals surface area contributed by atoms with E-state index in [1.54, 1.807) is 0 Å². The Labute approximate surface area is 109 Å². The monoisotopic (exact) mass is 249 g/mol. The van der Waals surface area contributed by atoms with Gasteiger partial charge in [0.2, 0.25) is 0 Å². The third-order valence-corrected chi connectivity index (χ3v) is 3.26. The summed E-state index contributed by atoms with van der Waals surface area (Å²) in [5.74, 6) is 0.843. The highest BCUT2D eigenvalue weighted by molar-refractivity contribution is 5.46. The summed E-state index contributed by atoms with van der Waals surface area (Å²) >= 11 is 0. The zero-order valence-corrected chi connectivity index (χ0v) is 11.2. The number of nitrogens with one attached hydrogen (secondary N) is 1. The van der Waals surface area contributed by atoms with Crippen LogP contribution in [0.15, 0.2) is 24.3 Å². The highest BCUT2D eigenvalue weighted by Crippen LogP contribution is 2.24. The van der Waals surface area contributed by atoms with Crippen LogP contribution in [0.4, 0.5) is 5.69 Å². The van der Waals surface area contributed by atoms with Crippen LogP contribution in [0, 0.1) is 0 Å². The summed E-state index contributed by atoms with van der Waals surface area (Å²) in [4.78, 5) is 0. The average molecular weight is 249 g/mol. The molecule has 3 heteroatoms. The van der Waals surface area contributed by atoms with E-state index in [0.29, 0.717) is 6.04 Å². The maximum Gasteiger partial charge on any atom is 0.124 e. The van der Waals surface area contributed by atoms with Crippen LogP contribution in [0.5, 0.6) is 5.75 Å². The maximum absolute atomic E-state index is 9.87. The Morgan fingerprint density at radius 1 is 1.17 bits per heavy atom. The van der Waals surface area contributed by atoms with Crippen LogP contribution in [0.2, 0.25) is 0 Å². The Bertz CT molecular complexity index is 361. The Morgan fingerprint density at radius 2 is 1.83 bits per heavy atom. The van der Waals surface area contributed by atoms with Crippen molar-refractivity contribution < 1.29 is 9.84 Å². The van der Waals surface area contributed by atoms with Gasteiger partial charge < -0.3 is 15.2 Å². The van der Waals surface area contributed by atoms with Gasteiger partial charge in [0.25, 0.3) is 0 Å². The SMILES string of the molecule is CC(C)Nc1ccc(OC2CCCCC2O)cc1. The number of ether oxygens (including phenoxy) is 1. The van der Waals surface area contributed by atoms with E-state index in [2.05, 4.69) is 19.2 Å². The Morgan fingerprint density at radius 3 is 2.44 bits per heavy atom. The van der Waals surface area contributed by atoms with Gasteiger partial charge in [0.1, 0.15) is 11.9 Å². The zero-order chi connectivity index (χ0) is 13.0. The molecule has 0 aromatic heterocycles. The van der Waals surface area contributed by atoms with E-state index in [0.717, 1.165) is 37.1 Å². The minimum atomic E-state index is -0.313. The molecule has 0 amide bonds. The van der Waals surface area contributed by atoms with Gasteiger partial charge in [-0.2, -0.15) is 0 Å². The molecule has 1 saturated carbocycles. The molecule has 1 aromatic carbocycles. The van der Waals surface area contributed by atoms with Crippen molar-refractivity contribution in [3.63, 3.8) is 0 Å². The standard InChI is InChI=1S/C15H23NO2/c1-11(2)16-12-7-9-13(10-8-12)18-15-6-4-3-5-14(15)17/h7-11,14-17H,3-6H2,1-2H3. The number of hydrogen-bond donors (Lipinski definition) is 2. The predicted molar refractivity (Wildman–Crippen MR) is 74.1 cm³/mol. The molecule has 1 aliphatic rings. The first-order chi connectivity index (χ1) is 8.65. The van der Waals surface area contributed by atoms with Crippen LogP contribution in [0.1, 0.15) is 39.5 Å². The van der Waals surface area contributed by atoms with Crippen LogP contribution < -0.4 is 10.1 Å². The molecular formula is C15H23NO2. The Hall–Kier alpha value is -1.22. The highest BCUT2D eigenvalue weighted by Gasteiger charge is 2.24. The van der Waals surface area contributed by atoms with Crippen molar-refractivity contribution in [2.75, 3.05) is 5.32 Å². The molecule has 0 spiro atoms. The lowest BCUT2D eigenvalue weighted by atomic mass is 9.95. The lowest BCUT2D eigenvalue weighted by molar-refractivity contribution is 0.00688. The third-order valence-electron chi connectivity index (χ3n) is 3.26. The first kappa shape index (κ1) is 13.2. The minimum absolute atomic E-state index is 0.0392. The van der Waals surface area contributed by atoms with Gasteiger partial charge in [-0.25, -0.2) is 0 Å². The largest absolute Gasteiger partial charge is 0.488 e. The summed E-state index contributed by atoms with van der Waals surface area (Å²) in [7, 11) is 0. The number of aliphatic hydroxyl groups is 1. The number of benzene rings is 1. The molecule has 1 aliphatic carbocycles. The highest BCUT2D eigenvalue weighted by atomic mass is 16.5. The Kier molecular flexibility index (Phi) is 4.48. The second kappa shape index (κ2) is 6.10. The number of anilines is 1. The van der Waals surface area contributed by atoms with Gasteiger partial charge in [-0.3, -0.25) is 0 Å². The van der Waals surface area contributed by atoms with Gasteiger partial charge in [-0.1, -0.05) is 6.42 Å². The molecule has 0 heterocycles. The molecule has 0 saturated heterocycles. The average Bonchev–Trinajstić information content (AvgIpc) is 2.34. The molecule has 2 atom stereocenters. The van der Waals surface area contributed by atoms with Crippen molar-refractivity contribution in [3.8, 4) is 5.75 Å². The van der Waals surface area contributed by atoms with Gasteiger partial charge in [0.05, 0.1) is 6.10 Å². The van der Waals surface area contributed by atoms with Gasteiger partial charge in [-0.05, 0) is 57.4 Å². The van der Waals surface area contributed by atoms with Crippen LogP contribution in [0.3, 0.4) is 0 Å². The van der Waals surface area contributed by atoms with Crippen molar-refractivity contribution >= 4 is 5.69 Å². The fourth-order valence-electron chi connectivity index (χ4n) is 2.35. The maximum atomic E-state index is 9.87. The van der Waals surface area contributed by atoms with E-state index >= 15 is 0 Å². The van der Waals surface area contributed by atoms with Crippen LogP contribution in [0.25, 0.3) is 0 Å². The summed E-state index contributed by atoms with van der Waals surface area (Å²) in [5, 5.41) is 13.2. The first-order valence-electron chi connectivity index (χ1n) is 6.86. The predicted octanol–water partition coefficient (Wildman–Crippen LogP) is 3.19. The van der Waals surface area contributed by atoms with E-state index in [1.165, 1.54) is 0 Å². The van der Waals surface area contributed by atoms with E-state index in [1.807, 2.05) is 24.3 Å². The van der Waals surface area contributed by atoms with Gasteiger partial charge in [0, 0.05) is 11.7 Å². The number of rotatable bonds is 4. The molecule has 2 unspecified atom stereocenters. The molecular weight excluding hydrogens is 226 g/mol. The van der Waals surface area contributed by atoms with Crippen LogP contribution in [-0.2, 0) is 0 Å². The summed E-state index contributed by atoms with van der Waals surface area (Å²) in [5.41, 5.74) is 1.10. The van der Waals surface area contributed by atoms with Crippen molar-refractivity contribution in [2.24, 2.45) is 0 Å². The molecule has 1 fully saturated rings. The van der Waals surface area contributed by atoms with Crippen molar-refractivity contribution in [1.82, 2.24) is 0 Å². The molecule has 1 aromatic rings. The molecule has 0 radical (unpaired) electrons. The second-order valence-corrected chi connectivity index (χ2v) is 5.33. The summed E-state index contributed by atoms with van der Waals surface area (Å²) in [6.45, 7) is 4.23. The first-order valence-corrected chi connectivity index (χ1v) is 6.86. The van der Waals surface area contributed by atoms with Gasteiger partial charge in [-0.15, -0.1) is 0 Å². The molecule has 0 aliphatic heterocycles. The smallest absolute Gasteiger partial charge is 0.124 e. The van der Waals surface area contributed by atoms with Crippen molar-refractivity contribution in [3.05, 3.63) is 24.3 Å². The number of hydrogen-bond acceptors (Lipinski definition) is 3. The van der Waals surface area contributed by atoms with Crippen molar-refractivity contribution in [1.29, 1.82) is 0 Å². The lowest BCUT2D eigenvalue weighted by Gasteiger charge is -2.28. The fraction of sp³-hybridized carbons (Fsp3) is 0.600. The molecule has 2 rings (SSSR count). The summed E-state index contributed by atoms with van der Waals surface area (Å²) < 4.78 is 5.85. The number of aliphatic hydroxyl groups excluding tert-OH is 1. The van der Waals surface area contributed by atoms with Crippen molar-refractivity contribution in [2.45, 2.75) is 57.8 Å². The minimum Gasteiger partial charge on any atom is -0.488 e. The molecule has 100 valence electrons. The molecule has 3 nitrogen and oxygen atoms in total. The van der Waals surface area contributed by atoms with Crippen LogP contribution in [-0.4, -0.2) is 23.4 Å². The van der Waals surface area contributed by atoms with E-state index < -0.39 is 0 Å². The van der Waals surface area contributed by atoms with Gasteiger partial charge >= 0.3 is 0 Å². The van der Waals surface area contributed by atoms with Crippen LogP contribution >= 0.6 is 0 Å². The fourth-order valence-corrected chi connectivity index (χ4v) is 2.35. The zero-order valence-electron chi connectivity index (χ0n) is 11.2. The quantitative estimate of drug-likeness (QED) is 0.861. The third kappa shape index (κ3) is 3.64. The summed E-state index contributed by atoms with van der Waals surface area (Å²) in [6, 6.07) is 8.39. The van der Waals surface area contributed by atoms with E-state index in [4.69, 9.17) is 4.74 Å². The molecule has 2 N–H and O–H groups in total. The summed E-state index contributed by atoms with van der Waals surface area (Å²) in [6.07, 6.45) is 3.72. The molecule has 18 heavy (non-hydrogen) atoms. The Balaban J connectivity index is 1.93. The molecule has 0 bridgehead atoms. The van der Waals surface area contributed by atoms with Gasteiger partial charge in [0.15, 0.2) is 0 Å².